The molecule has 1 aliphatic carbocycles. The monoisotopic (exact) mass is 226 g/mol. The Morgan fingerprint density at radius 1 is 1.44 bits per heavy atom. The highest BCUT2D eigenvalue weighted by molar-refractivity contribution is 5.79. The molecular weight excluding hydrogens is 208 g/mol. The average Bonchev–Trinajstić information content (AvgIpc) is 2.54. The van der Waals surface area contributed by atoms with Crippen molar-refractivity contribution in [1.82, 2.24) is 0 Å². The van der Waals surface area contributed by atoms with E-state index in [-0.39, 0.29) is 30.1 Å². The van der Waals surface area contributed by atoms with E-state index in [4.69, 9.17) is 9.47 Å². The molecule has 1 spiro atoms. The number of hydrogen-bond acceptors (Lipinski definition) is 4. The lowest BCUT2D eigenvalue weighted by molar-refractivity contribution is -0.155. The van der Waals surface area contributed by atoms with Crippen molar-refractivity contribution in [3.05, 3.63) is 0 Å². The summed E-state index contributed by atoms with van der Waals surface area (Å²) in [6, 6.07) is 0. The topological polar surface area (TPSA) is 52.6 Å². The lowest BCUT2D eigenvalue weighted by atomic mass is 9.72. The van der Waals surface area contributed by atoms with Crippen molar-refractivity contribution in [3.8, 4) is 0 Å². The quantitative estimate of drug-likeness (QED) is 0.674. The molecule has 2 fully saturated rings. The summed E-state index contributed by atoms with van der Waals surface area (Å²) in [7, 11) is 0. The van der Waals surface area contributed by atoms with Crippen molar-refractivity contribution < 1.29 is 19.1 Å². The molecule has 1 saturated heterocycles. The summed E-state index contributed by atoms with van der Waals surface area (Å²) in [6.07, 6.45) is 5.78. The van der Waals surface area contributed by atoms with Crippen molar-refractivity contribution in [3.63, 3.8) is 0 Å². The van der Waals surface area contributed by atoms with Gasteiger partial charge in [0.25, 0.3) is 0 Å². The number of hydrogen-bond donors (Lipinski definition) is 0. The van der Waals surface area contributed by atoms with Gasteiger partial charge in [0.2, 0.25) is 0 Å². The third kappa shape index (κ3) is 2.20. The van der Waals surface area contributed by atoms with Crippen molar-refractivity contribution in [2.24, 2.45) is 5.41 Å². The highest BCUT2D eigenvalue weighted by atomic mass is 16.6. The lowest BCUT2D eigenvalue weighted by Crippen LogP contribution is -2.29. The van der Waals surface area contributed by atoms with Crippen LogP contribution in [-0.4, -0.2) is 24.6 Å². The number of ether oxygens (including phenoxy) is 2. The summed E-state index contributed by atoms with van der Waals surface area (Å²) in [5.41, 5.74) is -0.261. The maximum Gasteiger partial charge on any atom is 0.312 e. The molecule has 1 unspecified atom stereocenters. The predicted molar refractivity (Wildman–Crippen MR) is 56.6 cm³/mol. The summed E-state index contributed by atoms with van der Waals surface area (Å²) in [6.45, 7) is 1.58. The third-order valence-electron chi connectivity index (χ3n) is 3.61. The average molecular weight is 226 g/mol. The van der Waals surface area contributed by atoms with E-state index in [1.54, 1.807) is 0 Å². The number of rotatable bonds is 2. The molecule has 4 nitrogen and oxygen atoms in total. The van der Waals surface area contributed by atoms with E-state index in [0.29, 0.717) is 0 Å². The number of esters is 2. The highest BCUT2D eigenvalue weighted by Crippen LogP contribution is 2.45. The molecule has 2 aliphatic rings. The van der Waals surface area contributed by atoms with Gasteiger partial charge in [0.15, 0.2) is 0 Å². The molecule has 0 aromatic rings. The molecule has 1 aliphatic heterocycles. The Morgan fingerprint density at radius 3 is 2.75 bits per heavy atom. The van der Waals surface area contributed by atoms with Crippen LogP contribution in [0, 0.1) is 5.41 Å². The summed E-state index contributed by atoms with van der Waals surface area (Å²) < 4.78 is 10.2. The minimum atomic E-state index is -0.319. The van der Waals surface area contributed by atoms with E-state index in [0.717, 1.165) is 32.1 Å². The van der Waals surface area contributed by atoms with Gasteiger partial charge in [-0.15, -0.1) is 0 Å². The zero-order valence-electron chi connectivity index (χ0n) is 9.66. The molecule has 4 heteroatoms. The van der Waals surface area contributed by atoms with E-state index >= 15 is 0 Å². The summed E-state index contributed by atoms with van der Waals surface area (Å²) in [5.74, 6) is -0.398. The fourth-order valence-electron chi connectivity index (χ4n) is 2.78. The Balaban J connectivity index is 1.92. The lowest BCUT2D eigenvalue weighted by Gasteiger charge is -2.28. The van der Waals surface area contributed by atoms with E-state index in [1.165, 1.54) is 13.3 Å². The van der Waals surface area contributed by atoms with Crippen molar-refractivity contribution in [1.29, 1.82) is 0 Å². The second kappa shape index (κ2) is 4.44. The van der Waals surface area contributed by atoms with E-state index in [2.05, 4.69) is 0 Å². The summed E-state index contributed by atoms with van der Waals surface area (Å²) >= 11 is 0. The van der Waals surface area contributed by atoms with Gasteiger partial charge in [-0.05, 0) is 12.8 Å². The third-order valence-corrected chi connectivity index (χ3v) is 3.61. The maximum atomic E-state index is 11.8. The van der Waals surface area contributed by atoms with Crippen LogP contribution in [0.5, 0.6) is 0 Å². The van der Waals surface area contributed by atoms with Crippen LogP contribution in [0.4, 0.5) is 0 Å². The first kappa shape index (κ1) is 11.4. The van der Waals surface area contributed by atoms with Gasteiger partial charge < -0.3 is 9.47 Å². The minimum Gasteiger partial charge on any atom is -0.462 e. The van der Waals surface area contributed by atoms with Crippen LogP contribution in [-0.2, 0) is 19.1 Å². The summed E-state index contributed by atoms with van der Waals surface area (Å²) in [5, 5.41) is 0. The highest BCUT2D eigenvalue weighted by Gasteiger charge is 2.49. The van der Waals surface area contributed by atoms with E-state index in [9.17, 15) is 9.59 Å². The maximum absolute atomic E-state index is 11.8. The van der Waals surface area contributed by atoms with Gasteiger partial charge in [0, 0.05) is 13.3 Å². The normalized spacial score (nSPS) is 27.8. The zero-order valence-corrected chi connectivity index (χ0v) is 9.66. The largest absolute Gasteiger partial charge is 0.462 e. The van der Waals surface area contributed by atoms with E-state index < -0.39 is 0 Å². The fourth-order valence-corrected chi connectivity index (χ4v) is 2.78. The predicted octanol–water partition coefficient (Wildman–Crippen LogP) is 1.82. The van der Waals surface area contributed by atoms with Gasteiger partial charge in [-0.2, -0.15) is 0 Å². The first-order valence-corrected chi connectivity index (χ1v) is 5.97. The van der Waals surface area contributed by atoms with Gasteiger partial charge in [0.1, 0.15) is 12.7 Å². The Labute approximate surface area is 95.3 Å². The number of carbonyl (C=O) groups excluding carboxylic acids is 2. The van der Waals surface area contributed by atoms with Crippen LogP contribution in [0.1, 0.15) is 45.4 Å². The second-order valence-electron chi connectivity index (χ2n) is 4.88. The van der Waals surface area contributed by atoms with E-state index in [1.807, 2.05) is 0 Å². The smallest absolute Gasteiger partial charge is 0.312 e. The Kier molecular flexibility index (Phi) is 3.17. The zero-order chi connectivity index (χ0) is 11.6. The van der Waals surface area contributed by atoms with Crippen LogP contribution in [0.15, 0.2) is 0 Å². The molecule has 2 rings (SSSR count). The van der Waals surface area contributed by atoms with Crippen LogP contribution in [0.2, 0.25) is 0 Å². The standard InChI is InChI=1S/C12H18O4/c1-9(13)15-8-10-7-12(11(14)16-10)5-3-2-4-6-12/h10H,2-8H2,1H3. The van der Waals surface area contributed by atoms with Gasteiger partial charge in [-0.25, -0.2) is 0 Å². The molecule has 1 saturated carbocycles. The van der Waals surface area contributed by atoms with Crippen molar-refractivity contribution >= 4 is 11.9 Å². The molecule has 0 N–H and O–H groups in total. The van der Waals surface area contributed by atoms with Gasteiger partial charge in [-0.1, -0.05) is 19.3 Å². The minimum absolute atomic E-state index is 0.0793. The molecule has 0 aromatic heterocycles. The first-order valence-electron chi connectivity index (χ1n) is 5.97. The number of cyclic esters (lactones) is 1. The van der Waals surface area contributed by atoms with Gasteiger partial charge >= 0.3 is 11.9 Å². The van der Waals surface area contributed by atoms with Crippen molar-refractivity contribution in [2.45, 2.75) is 51.6 Å². The fraction of sp³-hybridized carbons (Fsp3) is 0.833. The van der Waals surface area contributed by atoms with Crippen LogP contribution < -0.4 is 0 Å². The Hall–Kier alpha value is -1.06. The SMILES string of the molecule is CC(=O)OCC1CC2(CCCCC2)C(=O)O1. The molecule has 90 valence electrons. The molecule has 0 amide bonds. The van der Waals surface area contributed by atoms with Gasteiger partial charge in [0.05, 0.1) is 5.41 Å². The Morgan fingerprint density at radius 2 is 2.12 bits per heavy atom. The first-order chi connectivity index (χ1) is 7.62. The van der Waals surface area contributed by atoms with Crippen LogP contribution in [0.25, 0.3) is 0 Å². The molecule has 0 bridgehead atoms. The number of carbonyl (C=O) groups is 2. The van der Waals surface area contributed by atoms with Crippen molar-refractivity contribution in [2.75, 3.05) is 6.61 Å². The second-order valence-corrected chi connectivity index (χ2v) is 4.88. The van der Waals surface area contributed by atoms with Crippen LogP contribution >= 0.6 is 0 Å². The molecule has 16 heavy (non-hydrogen) atoms. The van der Waals surface area contributed by atoms with Crippen LogP contribution in [0.3, 0.4) is 0 Å². The summed E-state index contributed by atoms with van der Waals surface area (Å²) in [4.78, 5) is 22.5. The molecule has 0 radical (unpaired) electrons. The van der Waals surface area contributed by atoms with Gasteiger partial charge in [-0.3, -0.25) is 9.59 Å². The molecule has 1 atom stereocenters. The molecule has 1 heterocycles. The molecule has 0 aromatic carbocycles. The molecular formula is C12H18O4. The Bertz CT molecular complexity index is 291.